The SMILES string of the molecule is O=C(O)C(Cc1ccc(O)cc1)N1CCS(=O)(=O)CC1. The van der Waals surface area contributed by atoms with Crippen molar-refractivity contribution in [2.75, 3.05) is 24.6 Å². The molecule has 1 unspecified atom stereocenters. The van der Waals surface area contributed by atoms with E-state index < -0.39 is 21.8 Å². The van der Waals surface area contributed by atoms with Crippen molar-refractivity contribution in [3.8, 4) is 5.75 Å². The summed E-state index contributed by atoms with van der Waals surface area (Å²) in [6.45, 7) is 0.495. The number of sulfone groups is 1. The zero-order chi connectivity index (χ0) is 14.8. The van der Waals surface area contributed by atoms with Gasteiger partial charge in [-0.2, -0.15) is 0 Å². The first-order chi connectivity index (χ1) is 9.37. The fraction of sp³-hybridized carbons (Fsp3) is 0.462. The highest BCUT2D eigenvalue weighted by molar-refractivity contribution is 7.91. The predicted molar refractivity (Wildman–Crippen MR) is 73.5 cm³/mol. The third kappa shape index (κ3) is 3.71. The molecule has 0 saturated carbocycles. The molecule has 1 heterocycles. The Morgan fingerprint density at radius 2 is 1.75 bits per heavy atom. The monoisotopic (exact) mass is 299 g/mol. The van der Waals surface area contributed by atoms with Gasteiger partial charge >= 0.3 is 5.97 Å². The van der Waals surface area contributed by atoms with Gasteiger partial charge in [-0.15, -0.1) is 0 Å². The van der Waals surface area contributed by atoms with E-state index in [0.717, 1.165) is 5.56 Å². The maximum Gasteiger partial charge on any atom is 0.321 e. The summed E-state index contributed by atoms with van der Waals surface area (Å²) in [5.74, 6) is -0.819. The van der Waals surface area contributed by atoms with E-state index in [1.165, 1.54) is 12.1 Å². The van der Waals surface area contributed by atoms with Crippen molar-refractivity contribution >= 4 is 15.8 Å². The second-order valence-corrected chi connectivity index (χ2v) is 7.22. The summed E-state index contributed by atoms with van der Waals surface area (Å²) in [6, 6.07) is 5.62. The third-order valence-corrected chi connectivity index (χ3v) is 5.08. The Morgan fingerprint density at radius 3 is 2.25 bits per heavy atom. The number of rotatable bonds is 4. The van der Waals surface area contributed by atoms with E-state index in [9.17, 15) is 23.4 Å². The molecule has 1 aliphatic heterocycles. The molecule has 0 amide bonds. The molecule has 7 heteroatoms. The molecule has 1 fully saturated rings. The highest BCUT2D eigenvalue weighted by Gasteiger charge is 2.31. The molecule has 20 heavy (non-hydrogen) atoms. The van der Waals surface area contributed by atoms with Gasteiger partial charge in [-0.3, -0.25) is 9.69 Å². The number of carbonyl (C=O) groups is 1. The van der Waals surface area contributed by atoms with Gasteiger partial charge in [0.1, 0.15) is 11.8 Å². The van der Waals surface area contributed by atoms with Gasteiger partial charge in [-0.25, -0.2) is 8.42 Å². The molecular weight excluding hydrogens is 282 g/mol. The van der Waals surface area contributed by atoms with Crippen LogP contribution < -0.4 is 0 Å². The van der Waals surface area contributed by atoms with E-state index in [4.69, 9.17) is 0 Å². The van der Waals surface area contributed by atoms with E-state index in [1.807, 2.05) is 0 Å². The number of carboxylic acid groups (broad SMARTS) is 1. The van der Waals surface area contributed by atoms with Crippen molar-refractivity contribution in [3.05, 3.63) is 29.8 Å². The number of aliphatic carboxylic acids is 1. The van der Waals surface area contributed by atoms with Gasteiger partial charge in [-0.05, 0) is 24.1 Å². The second kappa shape index (κ2) is 5.80. The summed E-state index contributed by atoms with van der Waals surface area (Å²) in [5, 5.41) is 18.5. The first kappa shape index (κ1) is 14.8. The molecule has 0 aromatic heterocycles. The Balaban J connectivity index is 2.08. The predicted octanol–water partition coefficient (Wildman–Crippen LogP) is 0.118. The van der Waals surface area contributed by atoms with Crippen LogP contribution in [0.3, 0.4) is 0 Å². The summed E-state index contributed by atoms with van der Waals surface area (Å²) in [4.78, 5) is 13.1. The largest absolute Gasteiger partial charge is 0.508 e. The van der Waals surface area contributed by atoms with Gasteiger partial charge in [0.15, 0.2) is 9.84 Å². The summed E-state index contributed by atoms with van der Waals surface area (Å²) >= 11 is 0. The smallest absolute Gasteiger partial charge is 0.321 e. The van der Waals surface area contributed by atoms with Crippen molar-refractivity contribution in [1.82, 2.24) is 4.90 Å². The molecule has 1 aromatic carbocycles. The zero-order valence-electron chi connectivity index (χ0n) is 10.9. The molecule has 1 saturated heterocycles. The standard InChI is InChI=1S/C13H17NO5S/c15-11-3-1-10(2-4-11)9-12(13(16)17)14-5-7-20(18,19)8-6-14/h1-4,12,15H,5-9H2,(H,16,17). The van der Waals surface area contributed by atoms with Crippen LogP contribution in [0.2, 0.25) is 0 Å². The van der Waals surface area contributed by atoms with E-state index in [0.29, 0.717) is 0 Å². The number of nitrogens with zero attached hydrogens (tertiary/aromatic N) is 1. The fourth-order valence-corrected chi connectivity index (χ4v) is 3.50. The minimum absolute atomic E-state index is 0.00631. The molecule has 1 aliphatic rings. The molecule has 2 N–H and O–H groups in total. The average molecular weight is 299 g/mol. The Labute approximate surface area is 117 Å². The highest BCUT2D eigenvalue weighted by atomic mass is 32.2. The van der Waals surface area contributed by atoms with Crippen LogP contribution in [0.25, 0.3) is 0 Å². The van der Waals surface area contributed by atoms with Crippen LogP contribution in [0.5, 0.6) is 5.75 Å². The molecule has 0 radical (unpaired) electrons. The van der Waals surface area contributed by atoms with Crippen LogP contribution >= 0.6 is 0 Å². The van der Waals surface area contributed by atoms with Crippen LogP contribution in [-0.4, -0.2) is 60.1 Å². The van der Waals surface area contributed by atoms with Crippen molar-refractivity contribution in [2.24, 2.45) is 0 Å². The minimum Gasteiger partial charge on any atom is -0.508 e. The normalized spacial score (nSPS) is 20.4. The highest BCUT2D eigenvalue weighted by Crippen LogP contribution is 2.16. The number of aromatic hydroxyl groups is 1. The molecule has 0 bridgehead atoms. The van der Waals surface area contributed by atoms with Gasteiger partial charge in [0.05, 0.1) is 11.5 Å². The van der Waals surface area contributed by atoms with Gasteiger partial charge in [-0.1, -0.05) is 12.1 Å². The molecule has 110 valence electrons. The summed E-state index contributed by atoms with van der Waals surface area (Å²) in [5.41, 5.74) is 0.795. The summed E-state index contributed by atoms with van der Waals surface area (Å²) in [7, 11) is -3.02. The second-order valence-electron chi connectivity index (χ2n) is 4.91. The average Bonchev–Trinajstić information content (AvgIpc) is 2.38. The Hall–Kier alpha value is -1.60. The third-order valence-electron chi connectivity index (χ3n) is 3.47. The lowest BCUT2D eigenvalue weighted by Gasteiger charge is -2.31. The molecule has 0 spiro atoms. The maximum absolute atomic E-state index is 11.4. The van der Waals surface area contributed by atoms with Crippen LogP contribution in [0.4, 0.5) is 0 Å². The first-order valence-corrected chi connectivity index (χ1v) is 8.15. The molecular formula is C13H17NO5S. The lowest BCUT2D eigenvalue weighted by Crippen LogP contribution is -2.50. The molecule has 1 atom stereocenters. The van der Waals surface area contributed by atoms with Crippen LogP contribution in [0.1, 0.15) is 5.56 Å². The number of phenolic OH excluding ortho intramolecular Hbond substituents is 1. The Kier molecular flexibility index (Phi) is 4.29. The minimum atomic E-state index is -3.02. The van der Waals surface area contributed by atoms with Gasteiger partial charge in [0, 0.05) is 13.1 Å². The van der Waals surface area contributed by atoms with Crippen molar-refractivity contribution in [2.45, 2.75) is 12.5 Å². The van der Waals surface area contributed by atoms with E-state index in [2.05, 4.69) is 0 Å². The quantitative estimate of drug-likeness (QED) is 0.820. The van der Waals surface area contributed by atoms with Gasteiger partial charge in [0.25, 0.3) is 0 Å². The molecule has 2 rings (SSSR count). The number of phenols is 1. The molecule has 6 nitrogen and oxygen atoms in total. The van der Waals surface area contributed by atoms with Gasteiger partial charge in [0.2, 0.25) is 0 Å². The Morgan fingerprint density at radius 1 is 1.20 bits per heavy atom. The van der Waals surface area contributed by atoms with Crippen LogP contribution in [-0.2, 0) is 21.1 Å². The summed E-state index contributed by atoms with van der Waals surface area (Å²) < 4.78 is 22.8. The molecule has 0 aliphatic carbocycles. The summed E-state index contributed by atoms with van der Waals surface area (Å²) in [6.07, 6.45) is 0.287. The lowest BCUT2D eigenvalue weighted by molar-refractivity contribution is -0.143. The molecule has 1 aromatic rings. The fourth-order valence-electron chi connectivity index (χ4n) is 2.27. The van der Waals surface area contributed by atoms with E-state index >= 15 is 0 Å². The van der Waals surface area contributed by atoms with Crippen molar-refractivity contribution in [3.63, 3.8) is 0 Å². The number of benzene rings is 1. The zero-order valence-corrected chi connectivity index (χ0v) is 11.7. The number of carboxylic acids is 1. The van der Waals surface area contributed by atoms with Gasteiger partial charge < -0.3 is 10.2 Å². The number of hydrogen-bond acceptors (Lipinski definition) is 5. The Bertz CT molecular complexity index is 567. The topological polar surface area (TPSA) is 94.9 Å². The van der Waals surface area contributed by atoms with Crippen molar-refractivity contribution < 1.29 is 23.4 Å². The number of hydrogen-bond donors (Lipinski definition) is 2. The van der Waals surface area contributed by atoms with Crippen LogP contribution in [0.15, 0.2) is 24.3 Å². The lowest BCUT2D eigenvalue weighted by atomic mass is 10.0. The van der Waals surface area contributed by atoms with E-state index in [1.54, 1.807) is 17.0 Å². The maximum atomic E-state index is 11.4. The van der Waals surface area contributed by atoms with Crippen molar-refractivity contribution in [1.29, 1.82) is 0 Å². The van der Waals surface area contributed by atoms with Crippen LogP contribution in [0, 0.1) is 0 Å². The first-order valence-electron chi connectivity index (χ1n) is 6.32. The van der Waals surface area contributed by atoms with E-state index in [-0.39, 0.29) is 36.8 Å².